The zero-order valence-electron chi connectivity index (χ0n) is 18.5. The summed E-state index contributed by atoms with van der Waals surface area (Å²) in [5.74, 6) is 0.880. The van der Waals surface area contributed by atoms with Crippen molar-refractivity contribution in [3.8, 4) is 5.75 Å². The smallest absolute Gasteiger partial charge is 0.317 e. The number of nitrogens with one attached hydrogen (secondary N) is 2. The number of amides is 2. The molecule has 0 unspecified atom stereocenters. The Kier molecular flexibility index (Phi) is 6.77. The maximum Gasteiger partial charge on any atom is 0.317 e. The van der Waals surface area contributed by atoms with Gasteiger partial charge in [-0.05, 0) is 49.1 Å². The number of rotatable bonds is 6. The van der Waals surface area contributed by atoms with Crippen molar-refractivity contribution in [3.05, 3.63) is 65.4 Å². The number of hydrogen-bond donors (Lipinski definition) is 2. The summed E-state index contributed by atoms with van der Waals surface area (Å²) in [6.07, 6.45) is 1.82. The van der Waals surface area contributed by atoms with Crippen molar-refractivity contribution in [2.24, 2.45) is 0 Å². The molecule has 1 saturated heterocycles. The topological polar surface area (TPSA) is 60.6 Å². The lowest BCUT2D eigenvalue weighted by Crippen LogP contribution is -2.42. The van der Waals surface area contributed by atoms with Crippen LogP contribution in [0.15, 0.2) is 48.5 Å². The van der Waals surface area contributed by atoms with Gasteiger partial charge in [0.05, 0.1) is 7.11 Å². The van der Waals surface area contributed by atoms with Crippen LogP contribution in [0.4, 0.5) is 4.79 Å². The Hall–Kier alpha value is -2.99. The first-order valence-electron chi connectivity index (χ1n) is 11.1. The maximum absolute atomic E-state index is 12.7. The molecule has 0 bridgehead atoms. The zero-order valence-corrected chi connectivity index (χ0v) is 18.5. The van der Waals surface area contributed by atoms with E-state index in [4.69, 9.17) is 4.74 Å². The predicted octanol–water partition coefficient (Wildman–Crippen LogP) is 3.94. The number of ether oxygens (including phenoxy) is 1. The molecule has 0 spiro atoms. The van der Waals surface area contributed by atoms with Crippen molar-refractivity contribution in [1.29, 1.82) is 0 Å². The number of carbonyl (C=O) groups is 1. The number of fused-ring (bicyclic) bond motifs is 1. The third-order valence-corrected chi connectivity index (χ3v) is 6.12. The molecule has 2 heterocycles. The van der Waals surface area contributed by atoms with Crippen LogP contribution in [0.5, 0.6) is 5.75 Å². The minimum atomic E-state index is 0.0452. The summed E-state index contributed by atoms with van der Waals surface area (Å²) in [5, 5.41) is 4.38. The van der Waals surface area contributed by atoms with Crippen LogP contribution in [0.3, 0.4) is 0 Å². The second-order valence-corrected chi connectivity index (χ2v) is 8.22. The number of benzene rings is 2. The van der Waals surface area contributed by atoms with E-state index in [0.717, 1.165) is 56.8 Å². The molecule has 6 heteroatoms. The normalized spacial score (nSPS) is 15.1. The molecule has 1 fully saturated rings. The van der Waals surface area contributed by atoms with Gasteiger partial charge in [-0.1, -0.05) is 30.3 Å². The Bertz CT molecular complexity index is 1010. The summed E-state index contributed by atoms with van der Waals surface area (Å²) in [7, 11) is 1.69. The van der Waals surface area contributed by atoms with E-state index in [1.54, 1.807) is 7.11 Å². The van der Waals surface area contributed by atoms with Crippen LogP contribution < -0.4 is 10.1 Å². The van der Waals surface area contributed by atoms with Gasteiger partial charge in [0, 0.05) is 55.9 Å². The fraction of sp³-hybridized carbons (Fsp3) is 0.400. The van der Waals surface area contributed by atoms with E-state index in [2.05, 4.69) is 52.5 Å². The van der Waals surface area contributed by atoms with Crippen molar-refractivity contribution in [2.45, 2.75) is 26.3 Å². The van der Waals surface area contributed by atoms with E-state index < -0.39 is 0 Å². The van der Waals surface area contributed by atoms with Gasteiger partial charge in [0.25, 0.3) is 0 Å². The largest absolute Gasteiger partial charge is 0.497 e. The highest BCUT2D eigenvalue weighted by Gasteiger charge is 2.19. The summed E-state index contributed by atoms with van der Waals surface area (Å²) in [6, 6.07) is 16.6. The van der Waals surface area contributed by atoms with E-state index in [-0.39, 0.29) is 6.03 Å². The lowest BCUT2D eigenvalue weighted by molar-refractivity contribution is 0.198. The highest BCUT2D eigenvalue weighted by atomic mass is 16.5. The first-order valence-corrected chi connectivity index (χ1v) is 11.1. The molecule has 1 aliphatic heterocycles. The molecule has 2 amide bonds. The molecule has 0 radical (unpaired) electrons. The summed E-state index contributed by atoms with van der Waals surface area (Å²) in [5.41, 5.74) is 4.90. The Labute approximate surface area is 184 Å². The van der Waals surface area contributed by atoms with Crippen LogP contribution in [0.2, 0.25) is 0 Å². The summed E-state index contributed by atoms with van der Waals surface area (Å²) >= 11 is 0. The number of aromatic amines is 1. The molecular weight excluding hydrogens is 388 g/mol. The molecule has 2 aromatic carbocycles. The average Bonchev–Trinajstić information content (AvgIpc) is 2.94. The quantitative estimate of drug-likeness (QED) is 0.635. The molecule has 1 aromatic heterocycles. The van der Waals surface area contributed by atoms with Crippen molar-refractivity contribution >= 4 is 16.9 Å². The lowest BCUT2D eigenvalue weighted by Gasteiger charge is -2.22. The summed E-state index contributed by atoms with van der Waals surface area (Å²) in [4.78, 5) is 20.5. The number of nitrogens with zero attached hydrogens (tertiary/aromatic N) is 2. The van der Waals surface area contributed by atoms with E-state index >= 15 is 0 Å². The zero-order chi connectivity index (χ0) is 21.6. The molecule has 0 saturated carbocycles. The van der Waals surface area contributed by atoms with Gasteiger partial charge >= 0.3 is 6.03 Å². The van der Waals surface area contributed by atoms with Gasteiger partial charge in [0.2, 0.25) is 0 Å². The van der Waals surface area contributed by atoms with Gasteiger partial charge in [-0.3, -0.25) is 4.90 Å². The predicted molar refractivity (Wildman–Crippen MR) is 125 cm³/mol. The van der Waals surface area contributed by atoms with Crippen LogP contribution >= 0.6 is 0 Å². The van der Waals surface area contributed by atoms with Gasteiger partial charge in [-0.25, -0.2) is 4.79 Å². The SMILES string of the molecule is COc1ccc(CN2CCCN(C(=O)NCCc3c(C)[nH]c4ccccc34)CC2)cc1. The molecule has 3 aromatic rings. The van der Waals surface area contributed by atoms with E-state index in [9.17, 15) is 4.79 Å². The highest BCUT2D eigenvalue weighted by molar-refractivity contribution is 5.84. The van der Waals surface area contributed by atoms with Gasteiger partial charge in [0.15, 0.2) is 0 Å². The van der Waals surface area contributed by atoms with Crippen molar-refractivity contribution in [3.63, 3.8) is 0 Å². The Morgan fingerprint density at radius 1 is 1.06 bits per heavy atom. The Morgan fingerprint density at radius 2 is 1.87 bits per heavy atom. The molecule has 31 heavy (non-hydrogen) atoms. The second kappa shape index (κ2) is 9.88. The monoisotopic (exact) mass is 420 g/mol. The summed E-state index contributed by atoms with van der Waals surface area (Å²) in [6.45, 7) is 7.10. The molecule has 4 rings (SSSR count). The van der Waals surface area contributed by atoms with Gasteiger partial charge in [0.1, 0.15) is 5.75 Å². The summed E-state index contributed by atoms with van der Waals surface area (Å²) < 4.78 is 5.24. The maximum atomic E-state index is 12.7. The molecule has 6 nitrogen and oxygen atoms in total. The number of urea groups is 1. The number of para-hydroxylation sites is 1. The van der Waals surface area contributed by atoms with Crippen molar-refractivity contribution < 1.29 is 9.53 Å². The van der Waals surface area contributed by atoms with Crippen LogP contribution in [0, 0.1) is 6.92 Å². The van der Waals surface area contributed by atoms with Crippen LogP contribution in [-0.4, -0.2) is 60.6 Å². The first kappa shape index (κ1) is 21.2. The first-order chi connectivity index (χ1) is 15.1. The van der Waals surface area contributed by atoms with Gasteiger partial charge < -0.3 is 19.9 Å². The van der Waals surface area contributed by atoms with Gasteiger partial charge in [-0.2, -0.15) is 0 Å². The number of carbonyl (C=O) groups excluding carboxylic acids is 1. The van der Waals surface area contributed by atoms with E-state index in [1.165, 1.54) is 22.2 Å². The molecule has 1 aliphatic rings. The third-order valence-electron chi connectivity index (χ3n) is 6.12. The van der Waals surface area contributed by atoms with Crippen molar-refractivity contribution in [2.75, 3.05) is 39.8 Å². The van der Waals surface area contributed by atoms with Gasteiger partial charge in [-0.15, -0.1) is 0 Å². The standard InChI is InChI=1S/C25H32N4O2/c1-19-22(23-6-3-4-7-24(23)27-19)12-13-26-25(30)29-15-5-14-28(16-17-29)18-20-8-10-21(31-2)11-9-20/h3-4,6-11,27H,5,12-18H2,1-2H3,(H,26,30). The Balaban J connectivity index is 1.26. The molecule has 164 valence electrons. The highest BCUT2D eigenvalue weighted by Crippen LogP contribution is 2.22. The fourth-order valence-corrected chi connectivity index (χ4v) is 4.38. The van der Waals surface area contributed by atoms with E-state index in [1.807, 2.05) is 23.1 Å². The third kappa shape index (κ3) is 5.20. The Morgan fingerprint density at radius 3 is 2.68 bits per heavy atom. The van der Waals surface area contributed by atoms with Crippen LogP contribution in [0.25, 0.3) is 10.9 Å². The number of aromatic nitrogens is 1. The average molecular weight is 421 g/mol. The van der Waals surface area contributed by atoms with E-state index in [0.29, 0.717) is 6.54 Å². The number of hydrogen-bond acceptors (Lipinski definition) is 3. The number of H-pyrrole nitrogens is 1. The minimum absolute atomic E-state index is 0.0452. The molecule has 0 atom stereocenters. The second-order valence-electron chi connectivity index (χ2n) is 8.22. The molecular formula is C25H32N4O2. The number of aryl methyl sites for hydroxylation is 1. The van der Waals surface area contributed by atoms with Crippen LogP contribution in [0.1, 0.15) is 23.2 Å². The minimum Gasteiger partial charge on any atom is -0.497 e. The van der Waals surface area contributed by atoms with Crippen molar-refractivity contribution in [1.82, 2.24) is 20.1 Å². The lowest BCUT2D eigenvalue weighted by atomic mass is 10.1. The molecule has 2 N–H and O–H groups in total. The number of methoxy groups -OCH3 is 1. The molecule has 0 aliphatic carbocycles. The van der Waals surface area contributed by atoms with Crippen LogP contribution in [-0.2, 0) is 13.0 Å². The fourth-order valence-electron chi connectivity index (χ4n) is 4.38.